The summed E-state index contributed by atoms with van der Waals surface area (Å²) in [6.45, 7) is 3.01. The maximum absolute atomic E-state index is 11.9. The van der Waals surface area contributed by atoms with Crippen molar-refractivity contribution in [3.8, 4) is 0 Å². The van der Waals surface area contributed by atoms with Gasteiger partial charge in [-0.05, 0) is 12.1 Å². The lowest BCUT2D eigenvalue weighted by Gasteiger charge is -2.26. The molecule has 0 radical (unpaired) electrons. The molecule has 1 aliphatic heterocycles. The van der Waals surface area contributed by atoms with Crippen molar-refractivity contribution in [2.75, 3.05) is 38.2 Å². The number of hydrogen-bond donors (Lipinski definition) is 2. The predicted molar refractivity (Wildman–Crippen MR) is 73.3 cm³/mol. The Morgan fingerprint density at radius 2 is 2.15 bits per heavy atom. The van der Waals surface area contributed by atoms with Crippen LogP contribution in [0.1, 0.15) is 16.9 Å². The third-order valence-electron chi connectivity index (χ3n) is 3.04. The number of carbonyl (C=O) groups excluding carboxylic acids is 2. The fraction of sp³-hybridized carbons (Fsp3) is 0.462. The highest BCUT2D eigenvalue weighted by Gasteiger charge is 2.15. The SMILES string of the molecule is NC(=O)c1cc(NCCC(=O)N2CCOCC2)ccn1. The highest BCUT2D eigenvalue weighted by atomic mass is 16.5. The molecule has 7 heteroatoms. The molecule has 1 fully saturated rings. The number of nitrogens with zero attached hydrogens (tertiary/aromatic N) is 2. The number of pyridine rings is 1. The molecular weight excluding hydrogens is 260 g/mol. The number of nitrogens with one attached hydrogen (secondary N) is 1. The van der Waals surface area contributed by atoms with Gasteiger partial charge in [-0.2, -0.15) is 0 Å². The zero-order chi connectivity index (χ0) is 14.4. The predicted octanol–water partition coefficient (Wildman–Crippen LogP) is -0.159. The van der Waals surface area contributed by atoms with Crippen molar-refractivity contribution >= 4 is 17.5 Å². The number of primary amides is 1. The van der Waals surface area contributed by atoms with E-state index in [4.69, 9.17) is 10.5 Å². The summed E-state index contributed by atoms with van der Waals surface area (Å²) in [6, 6.07) is 3.30. The van der Waals surface area contributed by atoms with E-state index in [2.05, 4.69) is 10.3 Å². The summed E-state index contributed by atoms with van der Waals surface area (Å²) in [6.07, 6.45) is 1.90. The Morgan fingerprint density at radius 3 is 2.85 bits per heavy atom. The molecule has 7 nitrogen and oxygen atoms in total. The van der Waals surface area contributed by atoms with E-state index >= 15 is 0 Å². The van der Waals surface area contributed by atoms with E-state index in [1.54, 1.807) is 17.0 Å². The molecule has 0 aliphatic carbocycles. The van der Waals surface area contributed by atoms with Gasteiger partial charge < -0.3 is 20.7 Å². The maximum atomic E-state index is 11.9. The van der Waals surface area contributed by atoms with Crippen molar-refractivity contribution in [3.63, 3.8) is 0 Å². The van der Waals surface area contributed by atoms with Crippen LogP contribution < -0.4 is 11.1 Å². The average Bonchev–Trinajstić information content (AvgIpc) is 2.48. The van der Waals surface area contributed by atoms with Crippen molar-refractivity contribution in [1.29, 1.82) is 0 Å². The maximum Gasteiger partial charge on any atom is 0.267 e. The van der Waals surface area contributed by atoms with Gasteiger partial charge in [-0.1, -0.05) is 0 Å². The van der Waals surface area contributed by atoms with Gasteiger partial charge in [-0.3, -0.25) is 14.6 Å². The number of hydrogen-bond acceptors (Lipinski definition) is 5. The van der Waals surface area contributed by atoms with E-state index in [0.717, 1.165) is 5.69 Å². The third kappa shape index (κ3) is 3.92. The number of anilines is 1. The van der Waals surface area contributed by atoms with Crippen LogP contribution in [0, 0.1) is 0 Å². The summed E-state index contributed by atoms with van der Waals surface area (Å²) in [5, 5.41) is 3.08. The summed E-state index contributed by atoms with van der Waals surface area (Å²) < 4.78 is 5.20. The van der Waals surface area contributed by atoms with Crippen molar-refractivity contribution < 1.29 is 14.3 Å². The molecule has 2 rings (SSSR count). The number of rotatable bonds is 5. The standard InChI is InChI=1S/C13H18N4O3/c14-13(19)11-9-10(1-3-16-11)15-4-2-12(18)17-5-7-20-8-6-17/h1,3,9H,2,4-8H2,(H2,14,19)(H,15,16). The Kier molecular flexibility index (Phi) is 4.89. The second kappa shape index (κ2) is 6.85. The molecule has 108 valence electrons. The number of carbonyl (C=O) groups is 2. The minimum atomic E-state index is -0.571. The molecule has 20 heavy (non-hydrogen) atoms. The molecule has 1 aromatic rings. The Bertz CT molecular complexity index is 486. The van der Waals surface area contributed by atoms with Gasteiger partial charge in [0.25, 0.3) is 5.91 Å². The normalized spacial score (nSPS) is 14.9. The fourth-order valence-corrected chi connectivity index (χ4v) is 1.96. The van der Waals surface area contributed by atoms with E-state index in [1.807, 2.05) is 0 Å². The van der Waals surface area contributed by atoms with Gasteiger partial charge in [0.2, 0.25) is 5.91 Å². The second-order valence-electron chi connectivity index (χ2n) is 4.46. The lowest BCUT2D eigenvalue weighted by Crippen LogP contribution is -2.41. The van der Waals surface area contributed by atoms with Crippen LogP contribution >= 0.6 is 0 Å². The van der Waals surface area contributed by atoms with Gasteiger partial charge in [0.15, 0.2) is 0 Å². The molecule has 2 amide bonds. The zero-order valence-corrected chi connectivity index (χ0v) is 11.2. The van der Waals surface area contributed by atoms with Crippen LogP contribution in [0.25, 0.3) is 0 Å². The molecule has 0 unspecified atom stereocenters. The van der Waals surface area contributed by atoms with E-state index in [1.165, 1.54) is 6.20 Å². The first-order valence-corrected chi connectivity index (χ1v) is 6.52. The topological polar surface area (TPSA) is 97.5 Å². The van der Waals surface area contributed by atoms with Crippen molar-refractivity contribution in [3.05, 3.63) is 24.0 Å². The monoisotopic (exact) mass is 278 g/mol. The average molecular weight is 278 g/mol. The van der Waals surface area contributed by atoms with Gasteiger partial charge in [0, 0.05) is 37.9 Å². The Balaban J connectivity index is 1.79. The number of nitrogens with two attached hydrogens (primary N) is 1. The number of ether oxygens (including phenoxy) is 1. The first-order chi connectivity index (χ1) is 9.66. The zero-order valence-electron chi connectivity index (χ0n) is 11.2. The number of aromatic nitrogens is 1. The minimum absolute atomic E-state index is 0.102. The van der Waals surface area contributed by atoms with Crippen LogP contribution in [-0.4, -0.2) is 54.5 Å². The van der Waals surface area contributed by atoms with Crippen LogP contribution in [0.15, 0.2) is 18.3 Å². The van der Waals surface area contributed by atoms with Gasteiger partial charge in [-0.15, -0.1) is 0 Å². The van der Waals surface area contributed by atoms with Crippen LogP contribution in [0.4, 0.5) is 5.69 Å². The van der Waals surface area contributed by atoms with Gasteiger partial charge >= 0.3 is 0 Å². The number of amides is 2. The summed E-state index contributed by atoms with van der Waals surface area (Å²) in [7, 11) is 0. The van der Waals surface area contributed by atoms with E-state index in [-0.39, 0.29) is 11.6 Å². The smallest absolute Gasteiger partial charge is 0.267 e. The van der Waals surface area contributed by atoms with Crippen molar-refractivity contribution in [1.82, 2.24) is 9.88 Å². The van der Waals surface area contributed by atoms with Gasteiger partial charge in [0.05, 0.1) is 13.2 Å². The highest BCUT2D eigenvalue weighted by molar-refractivity contribution is 5.91. The van der Waals surface area contributed by atoms with Gasteiger partial charge in [0.1, 0.15) is 5.69 Å². The highest BCUT2D eigenvalue weighted by Crippen LogP contribution is 2.08. The lowest BCUT2D eigenvalue weighted by molar-refractivity contribution is -0.134. The molecule has 1 aromatic heterocycles. The number of morpholine rings is 1. The fourth-order valence-electron chi connectivity index (χ4n) is 1.96. The largest absolute Gasteiger partial charge is 0.384 e. The molecule has 1 saturated heterocycles. The summed E-state index contributed by atoms with van der Waals surface area (Å²) >= 11 is 0. The lowest BCUT2D eigenvalue weighted by atomic mass is 10.3. The van der Waals surface area contributed by atoms with E-state index < -0.39 is 5.91 Å². The van der Waals surface area contributed by atoms with Crippen LogP contribution in [0.3, 0.4) is 0 Å². The molecule has 1 aliphatic rings. The molecule has 0 spiro atoms. The first kappa shape index (κ1) is 14.3. The van der Waals surface area contributed by atoms with Crippen LogP contribution in [0.5, 0.6) is 0 Å². The Hall–Kier alpha value is -2.15. The molecule has 0 aromatic carbocycles. The third-order valence-corrected chi connectivity index (χ3v) is 3.04. The second-order valence-corrected chi connectivity index (χ2v) is 4.46. The summed E-state index contributed by atoms with van der Waals surface area (Å²) in [5.74, 6) is -0.469. The molecular formula is C13H18N4O3. The Labute approximate surface area is 117 Å². The Morgan fingerprint density at radius 1 is 1.40 bits per heavy atom. The first-order valence-electron chi connectivity index (χ1n) is 6.52. The summed E-state index contributed by atoms with van der Waals surface area (Å²) in [5.41, 5.74) is 6.08. The molecule has 0 atom stereocenters. The molecule has 2 heterocycles. The van der Waals surface area contributed by atoms with Crippen LogP contribution in [-0.2, 0) is 9.53 Å². The molecule has 3 N–H and O–H groups in total. The van der Waals surface area contributed by atoms with Gasteiger partial charge in [-0.25, -0.2) is 0 Å². The molecule has 0 bridgehead atoms. The quantitative estimate of drug-likeness (QED) is 0.780. The van der Waals surface area contributed by atoms with E-state index in [9.17, 15) is 9.59 Å². The summed E-state index contributed by atoms with van der Waals surface area (Å²) in [4.78, 5) is 28.6. The molecule has 0 saturated carbocycles. The van der Waals surface area contributed by atoms with Crippen LogP contribution in [0.2, 0.25) is 0 Å². The van der Waals surface area contributed by atoms with Crippen molar-refractivity contribution in [2.24, 2.45) is 5.73 Å². The van der Waals surface area contributed by atoms with E-state index in [0.29, 0.717) is 39.3 Å². The van der Waals surface area contributed by atoms with Crippen molar-refractivity contribution in [2.45, 2.75) is 6.42 Å². The minimum Gasteiger partial charge on any atom is -0.384 e.